The number of hydrogen-bond donors (Lipinski definition) is 0. The van der Waals surface area contributed by atoms with E-state index in [2.05, 4.69) is 86.8 Å². The minimum absolute atomic E-state index is 0.00643. The summed E-state index contributed by atoms with van der Waals surface area (Å²) in [5.41, 5.74) is 0. The van der Waals surface area contributed by atoms with Gasteiger partial charge in [0, 0.05) is 12.8 Å². The second-order valence-electron chi connectivity index (χ2n) is 14.8. The number of carbonyl (C=O) groups excluding carboxylic acids is 3. The zero-order valence-corrected chi connectivity index (χ0v) is 35.3. The molecule has 0 spiro atoms. The van der Waals surface area contributed by atoms with Crippen LogP contribution in [0.15, 0.2) is 85.1 Å². The first-order chi connectivity index (χ1) is 26.6. The van der Waals surface area contributed by atoms with Gasteiger partial charge in [-0.15, -0.1) is 0 Å². The number of hydrogen-bond acceptors (Lipinski definition) is 7. The number of ether oxygens (including phenoxy) is 3. The number of quaternary nitrogens is 1. The number of aliphatic carboxylic acids is 1. The predicted octanol–water partition coefficient (Wildman–Crippen LogP) is 10.0. The molecule has 0 aromatic rings. The van der Waals surface area contributed by atoms with E-state index in [1.165, 1.54) is 38.5 Å². The lowest BCUT2D eigenvalue weighted by atomic mass is 10.1. The average Bonchev–Trinajstić information content (AvgIpc) is 3.14. The number of esters is 2. The highest BCUT2D eigenvalue weighted by molar-refractivity contribution is 5.71. The summed E-state index contributed by atoms with van der Waals surface area (Å²) in [7, 11) is 5.36. The van der Waals surface area contributed by atoms with Crippen molar-refractivity contribution in [2.45, 2.75) is 154 Å². The van der Waals surface area contributed by atoms with Crippen molar-refractivity contribution in [3.63, 3.8) is 0 Å². The van der Waals surface area contributed by atoms with Crippen LogP contribution >= 0.6 is 0 Å². The van der Waals surface area contributed by atoms with Crippen molar-refractivity contribution in [2.24, 2.45) is 0 Å². The molecule has 0 rings (SSSR count). The monoisotopic (exact) mass is 768 g/mol. The highest BCUT2D eigenvalue weighted by Crippen LogP contribution is 2.13. The molecule has 2 unspecified atom stereocenters. The highest BCUT2D eigenvalue weighted by atomic mass is 16.6. The lowest BCUT2D eigenvalue weighted by Crippen LogP contribution is -2.55. The van der Waals surface area contributed by atoms with Gasteiger partial charge in [0.1, 0.15) is 12.6 Å². The zero-order valence-electron chi connectivity index (χ0n) is 35.3. The molecule has 0 aromatic carbocycles. The predicted molar refractivity (Wildman–Crippen MR) is 226 cm³/mol. The van der Waals surface area contributed by atoms with Gasteiger partial charge in [-0.3, -0.25) is 9.59 Å². The quantitative estimate of drug-likeness (QED) is 0.0271. The van der Waals surface area contributed by atoms with Gasteiger partial charge in [-0.1, -0.05) is 144 Å². The fourth-order valence-corrected chi connectivity index (χ4v) is 5.59. The van der Waals surface area contributed by atoms with E-state index in [-0.39, 0.29) is 43.1 Å². The van der Waals surface area contributed by atoms with Crippen LogP contribution in [0.4, 0.5) is 0 Å². The van der Waals surface area contributed by atoms with Gasteiger partial charge in [-0.2, -0.15) is 0 Å². The topological polar surface area (TPSA) is 102 Å². The minimum atomic E-state index is -1.14. The molecule has 312 valence electrons. The van der Waals surface area contributed by atoms with Crippen LogP contribution in [0.1, 0.15) is 142 Å². The molecule has 0 saturated carbocycles. The summed E-state index contributed by atoms with van der Waals surface area (Å²) in [6, 6.07) is -0.741. The number of carbonyl (C=O) groups is 3. The molecule has 2 atom stereocenters. The lowest BCUT2D eigenvalue weighted by molar-refractivity contribution is -0.889. The van der Waals surface area contributed by atoms with Crippen molar-refractivity contribution in [3.05, 3.63) is 85.1 Å². The van der Waals surface area contributed by atoms with Crippen LogP contribution in [0, 0.1) is 0 Å². The van der Waals surface area contributed by atoms with E-state index in [4.69, 9.17) is 14.2 Å². The Morgan fingerprint density at radius 2 is 1.02 bits per heavy atom. The summed E-state index contributed by atoms with van der Waals surface area (Å²) in [4.78, 5) is 36.6. The molecule has 0 saturated heterocycles. The Balaban J connectivity index is 4.33. The number of carboxylic acids is 1. The van der Waals surface area contributed by atoms with Crippen molar-refractivity contribution in [1.29, 1.82) is 0 Å². The summed E-state index contributed by atoms with van der Waals surface area (Å²) in [5.74, 6) is -1.91. The van der Waals surface area contributed by atoms with Crippen molar-refractivity contribution < 1.29 is 38.2 Å². The van der Waals surface area contributed by atoms with Crippen LogP contribution in [0.3, 0.4) is 0 Å². The molecular weight excluding hydrogens is 691 g/mol. The molecular formula is C47H77NO7. The third-order valence-corrected chi connectivity index (χ3v) is 8.81. The summed E-state index contributed by atoms with van der Waals surface area (Å²) in [6.07, 6.45) is 48.0. The lowest BCUT2D eigenvalue weighted by Gasteiger charge is -2.34. The number of likely N-dealkylation sites (N-methyl/N-ethyl adjacent to an activating group) is 1. The average molecular weight is 768 g/mol. The fraction of sp³-hybridized carbons (Fsp3) is 0.638. The largest absolute Gasteiger partial charge is 0.544 e. The summed E-state index contributed by atoms with van der Waals surface area (Å²) in [5, 5.41) is 11.6. The SMILES string of the molecule is CC/C=C/C/C=C/C/C=C/C/C=C/CCCCCCCCCCCC(=O)OC(COCCC(C(=O)[O-])[N+](C)(C)C)COC(=O)C/C=C/C/C=C/C/C=C/CC. The molecule has 0 bridgehead atoms. The van der Waals surface area contributed by atoms with Crippen molar-refractivity contribution in [2.75, 3.05) is 41.0 Å². The fourth-order valence-electron chi connectivity index (χ4n) is 5.59. The van der Waals surface area contributed by atoms with E-state index >= 15 is 0 Å². The normalized spacial score (nSPS) is 13.8. The maximum atomic E-state index is 12.7. The molecule has 0 aliphatic heterocycles. The van der Waals surface area contributed by atoms with Gasteiger partial charge in [0.05, 0.1) is 46.7 Å². The maximum absolute atomic E-state index is 12.7. The molecule has 55 heavy (non-hydrogen) atoms. The molecule has 0 aromatic heterocycles. The third kappa shape index (κ3) is 35.9. The number of carboxylic acid groups (broad SMARTS) is 1. The van der Waals surface area contributed by atoms with Crippen molar-refractivity contribution in [1.82, 2.24) is 0 Å². The van der Waals surface area contributed by atoms with E-state index in [0.717, 1.165) is 70.6 Å². The van der Waals surface area contributed by atoms with Gasteiger partial charge in [0.15, 0.2) is 6.10 Å². The number of rotatable bonds is 36. The standard InChI is InChI=1S/C47H77NO7/c1-6-8-10-12-14-16-17-18-19-20-21-22-23-24-25-26-27-28-30-32-34-36-38-46(50)55-43(41-53-40-39-44(47(51)52)48(3,4)5)42-54-45(49)37-35-33-31-29-15-13-11-9-7-2/h8-11,14-16,18-19,21-22,29,33,35,43-44H,6-7,12-13,17,20,23-28,30-32,34,36-42H2,1-5H3/b10-8+,11-9+,16-14+,19-18+,22-21+,29-15+,35-33+. The second kappa shape index (κ2) is 37.4. The molecule has 0 aliphatic carbocycles. The number of allylic oxidation sites excluding steroid dienone is 13. The Bertz CT molecular complexity index is 1170. The molecule has 0 N–H and O–H groups in total. The van der Waals surface area contributed by atoms with Gasteiger partial charge in [0.25, 0.3) is 0 Å². The van der Waals surface area contributed by atoms with Crippen molar-refractivity contribution >= 4 is 17.9 Å². The van der Waals surface area contributed by atoms with Crippen LogP contribution in [0.2, 0.25) is 0 Å². The molecule has 8 nitrogen and oxygen atoms in total. The minimum Gasteiger partial charge on any atom is -0.544 e. The number of unbranched alkanes of at least 4 members (excludes halogenated alkanes) is 9. The molecule has 8 heteroatoms. The highest BCUT2D eigenvalue weighted by Gasteiger charge is 2.25. The van der Waals surface area contributed by atoms with Gasteiger partial charge in [-0.05, 0) is 64.2 Å². The Labute approximate surface area is 335 Å². The van der Waals surface area contributed by atoms with Crippen LogP contribution in [-0.4, -0.2) is 75.5 Å². The zero-order chi connectivity index (χ0) is 40.7. The summed E-state index contributed by atoms with van der Waals surface area (Å²) >= 11 is 0. The third-order valence-electron chi connectivity index (χ3n) is 8.81. The molecule has 0 heterocycles. The van der Waals surface area contributed by atoms with Gasteiger partial charge < -0.3 is 28.6 Å². The van der Waals surface area contributed by atoms with E-state index < -0.39 is 24.1 Å². The van der Waals surface area contributed by atoms with E-state index in [0.29, 0.717) is 6.42 Å². The smallest absolute Gasteiger partial charge is 0.309 e. The molecule has 0 aliphatic rings. The molecule has 0 amide bonds. The van der Waals surface area contributed by atoms with Crippen LogP contribution < -0.4 is 5.11 Å². The maximum Gasteiger partial charge on any atom is 0.309 e. The van der Waals surface area contributed by atoms with E-state index in [9.17, 15) is 19.5 Å². The van der Waals surface area contributed by atoms with E-state index in [1.54, 1.807) is 27.2 Å². The van der Waals surface area contributed by atoms with Gasteiger partial charge in [-0.25, -0.2) is 0 Å². The first-order valence-corrected chi connectivity index (χ1v) is 21.1. The Morgan fingerprint density at radius 3 is 1.51 bits per heavy atom. The summed E-state index contributed by atoms with van der Waals surface area (Å²) in [6.45, 7) is 4.29. The van der Waals surface area contributed by atoms with Gasteiger partial charge >= 0.3 is 11.9 Å². The first kappa shape index (κ1) is 51.5. The van der Waals surface area contributed by atoms with Crippen LogP contribution in [0.25, 0.3) is 0 Å². The Hall–Kier alpha value is -3.49. The van der Waals surface area contributed by atoms with Crippen LogP contribution in [0.5, 0.6) is 0 Å². The van der Waals surface area contributed by atoms with Gasteiger partial charge in [0.2, 0.25) is 0 Å². The molecule has 0 radical (unpaired) electrons. The molecule has 0 fully saturated rings. The van der Waals surface area contributed by atoms with Crippen molar-refractivity contribution in [3.8, 4) is 0 Å². The van der Waals surface area contributed by atoms with Crippen LogP contribution in [-0.2, 0) is 28.6 Å². The number of nitrogens with zero attached hydrogens (tertiary/aromatic N) is 1. The van der Waals surface area contributed by atoms with E-state index in [1.807, 2.05) is 6.08 Å². The Morgan fingerprint density at radius 1 is 0.564 bits per heavy atom. The second-order valence-corrected chi connectivity index (χ2v) is 14.8. The Kier molecular flexibility index (Phi) is 35.1. The summed E-state index contributed by atoms with van der Waals surface area (Å²) < 4.78 is 17.0. The first-order valence-electron chi connectivity index (χ1n) is 21.1.